The van der Waals surface area contributed by atoms with Gasteiger partial charge in [-0.3, -0.25) is 9.59 Å². The number of thioether (sulfide) groups is 1. The molecule has 1 saturated heterocycles. The van der Waals surface area contributed by atoms with Crippen molar-refractivity contribution in [3.8, 4) is 0 Å². The molecule has 1 aromatic rings. The maximum absolute atomic E-state index is 13.8. The first-order chi connectivity index (χ1) is 11.8. The number of nitrogens with zero attached hydrogens (tertiary/aromatic N) is 1. The second-order valence-electron chi connectivity index (χ2n) is 6.10. The molecule has 1 aliphatic heterocycles. The molecule has 0 aromatic heterocycles. The van der Waals surface area contributed by atoms with Crippen LogP contribution in [0.1, 0.15) is 29.6 Å². The third kappa shape index (κ3) is 4.76. The molecule has 0 radical (unpaired) electrons. The van der Waals surface area contributed by atoms with Gasteiger partial charge in [0.15, 0.2) is 5.78 Å². The van der Waals surface area contributed by atoms with Crippen LogP contribution in [-0.4, -0.2) is 47.7 Å². The molecular weight excluding hydrogens is 353 g/mol. The quantitative estimate of drug-likeness (QED) is 0.778. The molecule has 2 N–H and O–H groups in total. The molecule has 4 nitrogen and oxygen atoms in total. The van der Waals surface area contributed by atoms with Gasteiger partial charge >= 0.3 is 0 Å². The molecule has 1 heterocycles. The van der Waals surface area contributed by atoms with E-state index in [9.17, 15) is 22.8 Å². The minimum Gasteiger partial charge on any atom is -0.341 e. The Morgan fingerprint density at radius 3 is 2.32 bits per heavy atom. The number of rotatable bonds is 6. The van der Waals surface area contributed by atoms with Crippen LogP contribution in [-0.2, 0) is 4.79 Å². The van der Waals surface area contributed by atoms with Crippen molar-refractivity contribution in [3.63, 3.8) is 0 Å². The fourth-order valence-electron chi connectivity index (χ4n) is 2.95. The first-order valence-electron chi connectivity index (χ1n) is 8.07. The summed E-state index contributed by atoms with van der Waals surface area (Å²) in [6.07, 6.45) is 3.11. The molecule has 0 unspecified atom stereocenters. The largest absolute Gasteiger partial charge is 0.341 e. The number of hydrogen-bond donors (Lipinski definition) is 1. The molecule has 1 fully saturated rings. The molecule has 25 heavy (non-hydrogen) atoms. The lowest BCUT2D eigenvalue weighted by Crippen LogP contribution is -2.48. The van der Waals surface area contributed by atoms with Crippen molar-refractivity contribution in [2.45, 2.75) is 25.3 Å². The van der Waals surface area contributed by atoms with E-state index in [4.69, 9.17) is 5.73 Å². The highest BCUT2D eigenvalue weighted by atomic mass is 32.2. The first-order valence-corrected chi connectivity index (χ1v) is 9.46. The Morgan fingerprint density at radius 2 is 1.80 bits per heavy atom. The number of ketones is 1. The molecule has 1 aliphatic rings. The minimum absolute atomic E-state index is 0.168. The number of halogens is 3. The van der Waals surface area contributed by atoms with Crippen LogP contribution in [0, 0.1) is 23.4 Å². The zero-order chi connectivity index (χ0) is 18.6. The summed E-state index contributed by atoms with van der Waals surface area (Å²) in [5, 5.41) is 0. The van der Waals surface area contributed by atoms with Gasteiger partial charge in [-0.05, 0) is 31.3 Å². The highest BCUT2D eigenvalue weighted by Gasteiger charge is 2.32. The van der Waals surface area contributed by atoms with E-state index in [1.54, 1.807) is 16.7 Å². The molecule has 0 aliphatic carbocycles. The second kappa shape index (κ2) is 8.71. The predicted octanol–water partition coefficient (Wildman–Crippen LogP) is 2.61. The molecule has 0 spiro atoms. The third-order valence-electron chi connectivity index (χ3n) is 4.38. The highest BCUT2D eigenvalue weighted by molar-refractivity contribution is 7.98. The van der Waals surface area contributed by atoms with Crippen molar-refractivity contribution in [3.05, 3.63) is 35.1 Å². The van der Waals surface area contributed by atoms with Crippen LogP contribution in [0.25, 0.3) is 0 Å². The Morgan fingerprint density at radius 1 is 1.24 bits per heavy atom. The smallest absolute Gasteiger partial charge is 0.239 e. The van der Waals surface area contributed by atoms with Crippen LogP contribution in [0.2, 0.25) is 0 Å². The summed E-state index contributed by atoms with van der Waals surface area (Å²) in [5.41, 5.74) is 5.16. The van der Waals surface area contributed by atoms with E-state index >= 15 is 0 Å². The molecule has 2 rings (SSSR count). The van der Waals surface area contributed by atoms with E-state index in [1.807, 2.05) is 6.26 Å². The summed E-state index contributed by atoms with van der Waals surface area (Å²) < 4.78 is 40.5. The van der Waals surface area contributed by atoms with Gasteiger partial charge in [0.25, 0.3) is 0 Å². The SMILES string of the molecule is CSCC[C@H](N)C(=O)N1CCC(C(=O)c2c(F)cc(F)cc2F)CC1. The van der Waals surface area contributed by atoms with Crippen LogP contribution < -0.4 is 5.73 Å². The van der Waals surface area contributed by atoms with Gasteiger partial charge in [-0.15, -0.1) is 0 Å². The summed E-state index contributed by atoms with van der Waals surface area (Å²) in [7, 11) is 0. The number of piperidine rings is 1. The molecular formula is C17H21F3N2O2S. The summed E-state index contributed by atoms with van der Waals surface area (Å²) >= 11 is 1.61. The van der Waals surface area contributed by atoms with E-state index in [1.165, 1.54) is 0 Å². The number of amides is 1. The Kier molecular flexibility index (Phi) is 6.89. The summed E-state index contributed by atoms with van der Waals surface area (Å²) in [6.45, 7) is 0.624. The normalized spacial score (nSPS) is 16.8. The monoisotopic (exact) mass is 374 g/mol. The van der Waals surface area contributed by atoms with Gasteiger partial charge < -0.3 is 10.6 Å². The highest BCUT2D eigenvalue weighted by Crippen LogP contribution is 2.25. The Labute approximate surface area is 148 Å². The van der Waals surface area contributed by atoms with E-state index in [0.717, 1.165) is 5.75 Å². The Bertz CT molecular complexity index is 626. The molecule has 8 heteroatoms. The van der Waals surface area contributed by atoms with Crippen LogP contribution >= 0.6 is 11.8 Å². The van der Waals surface area contributed by atoms with Crippen molar-refractivity contribution >= 4 is 23.5 Å². The standard InChI is InChI=1S/C17H21F3N2O2S/c1-25-7-4-14(21)17(24)22-5-2-10(3-6-22)16(23)15-12(19)8-11(18)9-13(15)20/h8-10,14H,2-7,21H2,1H3/t14-/m0/s1. The van der Waals surface area contributed by atoms with E-state index in [2.05, 4.69) is 0 Å². The van der Waals surface area contributed by atoms with E-state index in [-0.39, 0.29) is 5.91 Å². The van der Waals surface area contributed by atoms with Crippen molar-refractivity contribution in [1.29, 1.82) is 0 Å². The summed E-state index contributed by atoms with van der Waals surface area (Å²) in [6, 6.07) is 0.422. The van der Waals surface area contributed by atoms with Crippen molar-refractivity contribution in [1.82, 2.24) is 4.90 Å². The maximum Gasteiger partial charge on any atom is 0.239 e. The Hall–Kier alpha value is -1.54. The van der Waals surface area contributed by atoms with Gasteiger partial charge in [0.1, 0.15) is 17.5 Å². The number of hydrogen-bond acceptors (Lipinski definition) is 4. The van der Waals surface area contributed by atoms with Gasteiger partial charge in [0.2, 0.25) is 5.91 Å². The third-order valence-corrected chi connectivity index (χ3v) is 5.02. The molecule has 1 atom stereocenters. The predicted molar refractivity (Wildman–Crippen MR) is 90.9 cm³/mol. The zero-order valence-electron chi connectivity index (χ0n) is 13.9. The van der Waals surface area contributed by atoms with Crippen LogP contribution in [0.15, 0.2) is 12.1 Å². The second-order valence-corrected chi connectivity index (χ2v) is 7.08. The van der Waals surface area contributed by atoms with Gasteiger partial charge in [-0.25, -0.2) is 13.2 Å². The van der Waals surface area contributed by atoms with Gasteiger partial charge in [0, 0.05) is 31.1 Å². The average molecular weight is 374 g/mol. The van der Waals surface area contributed by atoms with Gasteiger partial charge in [-0.2, -0.15) is 11.8 Å². The Balaban J connectivity index is 1.98. The molecule has 1 amide bonds. The minimum atomic E-state index is -1.19. The molecule has 138 valence electrons. The molecule has 0 bridgehead atoms. The van der Waals surface area contributed by atoms with Gasteiger partial charge in [-0.1, -0.05) is 0 Å². The molecule has 0 saturated carbocycles. The number of nitrogens with two attached hydrogens (primary N) is 1. The lowest BCUT2D eigenvalue weighted by Gasteiger charge is -2.33. The number of carbonyl (C=O) groups excluding carboxylic acids is 2. The lowest BCUT2D eigenvalue weighted by molar-refractivity contribution is -0.133. The molecule has 1 aromatic carbocycles. The number of likely N-dealkylation sites (tertiary alicyclic amines) is 1. The zero-order valence-corrected chi connectivity index (χ0v) is 14.8. The maximum atomic E-state index is 13.8. The summed E-state index contributed by atoms with van der Waals surface area (Å²) in [5.74, 6) is -4.12. The number of benzene rings is 1. The lowest BCUT2D eigenvalue weighted by atomic mass is 9.88. The first kappa shape index (κ1) is 19.8. The van der Waals surface area contributed by atoms with Gasteiger partial charge in [0.05, 0.1) is 11.6 Å². The average Bonchev–Trinajstić information content (AvgIpc) is 2.58. The van der Waals surface area contributed by atoms with Crippen LogP contribution in [0.3, 0.4) is 0 Å². The number of Topliss-reactive ketones (excluding diaryl/α,β-unsaturated/α-hetero) is 1. The van der Waals surface area contributed by atoms with Crippen LogP contribution in [0.5, 0.6) is 0 Å². The van der Waals surface area contributed by atoms with Crippen molar-refractivity contribution in [2.75, 3.05) is 25.1 Å². The summed E-state index contributed by atoms with van der Waals surface area (Å²) in [4.78, 5) is 26.2. The van der Waals surface area contributed by atoms with E-state index in [0.29, 0.717) is 44.5 Å². The fraction of sp³-hybridized carbons (Fsp3) is 0.529. The topological polar surface area (TPSA) is 63.4 Å². The fourth-order valence-corrected chi connectivity index (χ4v) is 3.44. The van der Waals surface area contributed by atoms with Crippen molar-refractivity contribution < 1.29 is 22.8 Å². The van der Waals surface area contributed by atoms with Crippen LogP contribution in [0.4, 0.5) is 13.2 Å². The number of carbonyl (C=O) groups is 2. The van der Waals surface area contributed by atoms with Crippen molar-refractivity contribution in [2.24, 2.45) is 11.7 Å². The van der Waals surface area contributed by atoms with E-state index < -0.39 is 40.8 Å².